The van der Waals surface area contributed by atoms with Crippen molar-refractivity contribution in [2.45, 2.75) is 0 Å². The van der Waals surface area contributed by atoms with Crippen LogP contribution in [-0.4, -0.2) is 32.4 Å². The molecule has 1 unspecified atom stereocenters. The van der Waals surface area contributed by atoms with Gasteiger partial charge in [0, 0.05) is 6.54 Å². The van der Waals surface area contributed by atoms with Gasteiger partial charge in [-0.25, -0.2) is 4.21 Å². The van der Waals surface area contributed by atoms with E-state index in [2.05, 4.69) is 12.8 Å². The van der Waals surface area contributed by atoms with Crippen LogP contribution in [-0.2, 0) is 11.1 Å². The SMILES string of the molecule is CN(S)CCS(=O)O. The van der Waals surface area contributed by atoms with E-state index in [0.29, 0.717) is 6.54 Å². The maximum Gasteiger partial charge on any atom is 0.154 e. The fourth-order valence-corrected chi connectivity index (χ4v) is 0.876. The second-order valence-electron chi connectivity index (χ2n) is 1.41. The summed E-state index contributed by atoms with van der Waals surface area (Å²) in [6.07, 6.45) is 0. The lowest BCUT2D eigenvalue weighted by molar-refractivity contribution is 0.546. The number of nitrogens with zero attached hydrogens (tertiary/aromatic N) is 1. The molecule has 0 heterocycles. The zero-order valence-corrected chi connectivity index (χ0v) is 6.28. The second kappa shape index (κ2) is 4.31. The molecule has 50 valence electrons. The Morgan fingerprint density at radius 2 is 2.38 bits per heavy atom. The Kier molecular flexibility index (Phi) is 4.54. The molecule has 0 radical (unpaired) electrons. The summed E-state index contributed by atoms with van der Waals surface area (Å²) in [5.74, 6) is 0.264. The van der Waals surface area contributed by atoms with E-state index in [1.807, 2.05) is 0 Å². The molecule has 3 nitrogen and oxygen atoms in total. The largest absolute Gasteiger partial charge is 0.306 e. The third-order valence-electron chi connectivity index (χ3n) is 0.590. The molecular weight excluding hydrogens is 146 g/mol. The molecule has 0 aromatic heterocycles. The lowest BCUT2D eigenvalue weighted by Crippen LogP contribution is -2.13. The summed E-state index contributed by atoms with van der Waals surface area (Å²) in [6.45, 7) is 0.534. The van der Waals surface area contributed by atoms with E-state index in [4.69, 9.17) is 4.55 Å². The average Bonchev–Trinajstić information content (AvgIpc) is 1.61. The first kappa shape index (κ1) is 8.42. The summed E-state index contributed by atoms with van der Waals surface area (Å²) >= 11 is 2.18. The second-order valence-corrected chi connectivity index (χ2v) is 3.14. The van der Waals surface area contributed by atoms with E-state index in [0.717, 1.165) is 0 Å². The van der Waals surface area contributed by atoms with Crippen molar-refractivity contribution in [3.05, 3.63) is 0 Å². The van der Waals surface area contributed by atoms with Gasteiger partial charge in [0.05, 0.1) is 5.75 Å². The Bertz CT molecular complexity index is 85.4. The molecule has 0 aromatic rings. The minimum Gasteiger partial charge on any atom is -0.306 e. The summed E-state index contributed by atoms with van der Waals surface area (Å²) in [7, 11) is 1.73. The monoisotopic (exact) mass is 155 g/mol. The first-order chi connectivity index (χ1) is 3.63. The molecule has 0 bridgehead atoms. The molecule has 8 heavy (non-hydrogen) atoms. The molecule has 0 saturated heterocycles. The standard InChI is InChI=1S/C3H9NO2S2/c1-4(7)2-3-8(5)6/h7H,2-3H2,1H3,(H,5,6). The third-order valence-corrected chi connectivity index (χ3v) is 1.32. The van der Waals surface area contributed by atoms with Gasteiger partial charge < -0.3 is 4.55 Å². The predicted molar refractivity (Wildman–Crippen MR) is 37.3 cm³/mol. The summed E-state index contributed by atoms with van der Waals surface area (Å²) in [6, 6.07) is 0. The lowest BCUT2D eigenvalue weighted by atomic mass is 10.8. The highest BCUT2D eigenvalue weighted by Gasteiger charge is 1.93. The van der Waals surface area contributed by atoms with Crippen molar-refractivity contribution in [1.82, 2.24) is 4.31 Å². The summed E-state index contributed by atoms with van der Waals surface area (Å²) in [5, 5.41) is 0. The number of rotatable bonds is 3. The molecule has 0 aliphatic carbocycles. The maximum atomic E-state index is 9.95. The minimum atomic E-state index is -1.68. The number of hydrogen-bond donors (Lipinski definition) is 2. The topological polar surface area (TPSA) is 40.5 Å². The fourth-order valence-electron chi connectivity index (χ4n) is 0.210. The van der Waals surface area contributed by atoms with Gasteiger partial charge in [0.15, 0.2) is 11.1 Å². The van der Waals surface area contributed by atoms with Crippen LogP contribution in [0, 0.1) is 0 Å². The van der Waals surface area contributed by atoms with E-state index >= 15 is 0 Å². The zero-order chi connectivity index (χ0) is 6.57. The quantitative estimate of drug-likeness (QED) is 0.445. The Balaban J connectivity index is 3.05. The Labute approximate surface area is 56.9 Å². The molecule has 5 heteroatoms. The molecule has 0 amide bonds. The predicted octanol–water partition coefficient (Wildman–Crippen LogP) is -0.0153. The van der Waals surface area contributed by atoms with Gasteiger partial charge in [0.1, 0.15) is 0 Å². The summed E-state index contributed by atoms with van der Waals surface area (Å²) in [5.41, 5.74) is 0. The molecule has 1 N–H and O–H groups in total. The molecule has 0 aromatic carbocycles. The van der Waals surface area contributed by atoms with Crippen LogP contribution < -0.4 is 0 Å². The van der Waals surface area contributed by atoms with Crippen LogP contribution in [0.3, 0.4) is 0 Å². The molecule has 1 atom stereocenters. The molecular formula is C3H9NO2S2. The molecule has 0 spiro atoms. The van der Waals surface area contributed by atoms with E-state index in [-0.39, 0.29) is 5.75 Å². The molecule has 0 rings (SSSR count). The highest BCUT2D eigenvalue weighted by atomic mass is 32.2. The normalized spacial score (nSPS) is 14.5. The van der Waals surface area contributed by atoms with Crippen LogP contribution >= 0.6 is 12.8 Å². The van der Waals surface area contributed by atoms with Crippen LogP contribution in [0.25, 0.3) is 0 Å². The van der Waals surface area contributed by atoms with Crippen LogP contribution in [0.15, 0.2) is 0 Å². The van der Waals surface area contributed by atoms with E-state index in [9.17, 15) is 4.21 Å². The zero-order valence-electron chi connectivity index (χ0n) is 4.57. The van der Waals surface area contributed by atoms with E-state index in [1.165, 1.54) is 0 Å². The van der Waals surface area contributed by atoms with Gasteiger partial charge in [-0.05, 0) is 7.05 Å². The van der Waals surface area contributed by atoms with Crippen LogP contribution in [0.2, 0.25) is 0 Å². The maximum absolute atomic E-state index is 9.95. The van der Waals surface area contributed by atoms with Crippen molar-refractivity contribution < 1.29 is 8.76 Å². The Morgan fingerprint density at radius 1 is 1.88 bits per heavy atom. The molecule has 0 aliphatic rings. The average molecular weight is 155 g/mol. The van der Waals surface area contributed by atoms with Crippen molar-refractivity contribution in [1.29, 1.82) is 0 Å². The van der Waals surface area contributed by atoms with Crippen LogP contribution in [0.5, 0.6) is 0 Å². The van der Waals surface area contributed by atoms with Crippen molar-refractivity contribution >= 4 is 23.9 Å². The summed E-state index contributed by atoms with van der Waals surface area (Å²) < 4.78 is 19.7. The van der Waals surface area contributed by atoms with Gasteiger partial charge in [0.2, 0.25) is 0 Å². The van der Waals surface area contributed by atoms with Gasteiger partial charge in [-0.1, -0.05) is 12.8 Å². The van der Waals surface area contributed by atoms with Gasteiger partial charge in [-0.3, -0.25) is 4.31 Å². The molecule has 0 aliphatic heterocycles. The van der Waals surface area contributed by atoms with Gasteiger partial charge >= 0.3 is 0 Å². The van der Waals surface area contributed by atoms with Crippen molar-refractivity contribution in [3.63, 3.8) is 0 Å². The highest BCUT2D eigenvalue weighted by molar-refractivity contribution is 7.79. The minimum absolute atomic E-state index is 0.264. The van der Waals surface area contributed by atoms with E-state index < -0.39 is 11.1 Å². The first-order valence-electron chi connectivity index (χ1n) is 2.10. The highest BCUT2D eigenvalue weighted by Crippen LogP contribution is 1.85. The van der Waals surface area contributed by atoms with Crippen molar-refractivity contribution in [3.8, 4) is 0 Å². The molecule has 0 fully saturated rings. The van der Waals surface area contributed by atoms with Crippen molar-refractivity contribution in [2.75, 3.05) is 19.3 Å². The van der Waals surface area contributed by atoms with Gasteiger partial charge in [-0.2, -0.15) is 0 Å². The number of hydrogen-bond acceptors (Lipinski definition) is 3. The fraction of sp³-hybridized carbons (Fsp3) is 1.00. The molecule has 0 saturated carbocycles. The lowest BCUT2D eigenvalue weighted by Gasteiger charge is -2.03. The third kappa shape index (κ3) is 6.42. The van der Waals surface area contributed by atoms with E-state index in [1.54, 1.807) is 11.4 Å². The first-order valence-corrected chi connectivity index (χ1v) is 3.78. The Hall–Kier alpha value is 0.420. The number of thiol groups is 1. The Morgan fingerprint density at radius 3 is 2.50 bits per heavy atom. The van der Waals surface area contributed by atoms with Crippen molar-refractivity contribution in [2.24, 2.45) is 0 Å². The van der Waals surface area contributed by atoms with Gasteiger partial charge in [-0.15, -0.1) is 0 Å². The summed E-state index contributed by atoms with van der Waals surface area (Å²) in [4.78, 5) is 0. The van der Waals surface area contributed by atoms with Crippen LogP contribution in [0.1, 0.15) is 0 Å². The van der Waals surface area contributed by atoms with Gasteiger partial charge in [0.25, 0.3) is 0 Å². The smallest absolute Gasteiger partial charge is 0.154 e. The van der Waals surface area contributed by atoms with Crippen LogP contribution in [0.4, 0.5) is 0 Å².